The van der Waals surface area contributed by atoms with Crippen molar-refractivity contribution >= 4 is 5.91 Å². The molecule has 1 heterocycles. The van der Waals surface area contributed by atoms with E-state index in [0.29, 0.717) is 37.2 Å². The van der Waals surface area contributed by atoms with Gasteiger partial charge in [0.1, 0.15) is 17.1 Å². The van der Waals surface area contributed by atoms with E-state index in [9.17, 15) is 14.3 Å². The number of aliphatic hydroxyl groups is 1. The van der Waals surface area contributed by atoms with Crippen molar-refractivity contribution in [2.24, 2.45) is 5.73 Å². The van der Waals surface area contributed by atoms with Crippen LogP contribution in [0, 0.1) is 5.82 Å². The molecule has 0 atom stereocenters. The summed E-state index contributed by atoms with van der Waals surface area (Å²) >= 11 is 0. The second kappa shape index (κ2) is 4.71. The quantitative estimate of drug-likeness (QED) is 0.737. The van der Waals surface area contributed by atoms with E-state index >= 15 is 0 Å². The summed E-state index contributed by atoms with van der Waals surface area (Å²) in [6, 6.07) is 2.88. The summed E-state index contributed by atoms with van der Waals surface area (Å²) in [5, 5.41) is 12.5. The molecular formula is C14H17FN2O3. The Hall–Kier alpha value is -1.66. The van der Waals surface area contributed by atoms with Crippen LogP contribution in [0.4, 0.5) is 4.39 Å². The standard InChI is InChI=1S/C14H17FN2O3/c15-10-3-8-1-2-20-12(8)9(4-10)7-17-14(13(16)19)5-11(18)6-14/h3-4,11,17-18H,1-2,5-7H2,(H2,16,19). The molecule has 6 heteroatoms. The van der Waals surface area contributed by atoms with Gasteiger partial charge in [-0.3, -0.25) is 10.1 Å². The largest absolute Gasteiger partial charge is 0.493 e. The number of nitrogens with two attached hydrogens (primary N) is 1. The van der Waals surface area contributed by atoms with Crippen molar-refractivity contribution in [1.82, 2.24) is 5.32 Å². The molecule has 108 valence electrons. The van der Waals surface area contributed by atoms with Crippen molar-refractivity contribution in [3.8, 4) is 5.75 Å². The van der Waals surface area contributed by atoms with Gasteiger partial charge in [-0.15, -0.1) is 0 Å². The van der Waals surface area contributed by atoms with Gasteiger partial charge >= 0.3 is 0 Å². The van der Waals surface area contributed by atoms with Gasteiger partial charge < -0.3 is 15.6 Å². The van der Waals surface area contributed by atoms with Gasteiger partial charge in [0, 0.05) is 36.9 Å². The number of nitrogens with one attached hydrogen (secondary N) is 1. The van der Waals surface area contributed by atoms with Crippen LogP contribution in [0.15, 0.2) is 12.1 Å². The summed E-state index contributed by atoms with van der Waals surface area (Å²) in [7, 11) is 0. The number of benzene rings is 1. The van der Waals surface area contributed by atoms with Crippen molar-refractivity contribution in [1.29, 1.82) is 0 Å². The third kappa shape index (κ3) is 2.14. The van der Waals surface area contributed by atoms with Crippen LogP contribution in [-0.2, 0) is 17.8 Å². The van der Waals surface area contributed by atoms with E-state index in [1.54, 1.807) is 0 Å². The number of amides is 1. The minimum Gasteiger partial charge on any atom is -0.493 e. The molecule has 1 fully saturated rings. The fourth-order valence-electron chi connectivity index (χ4n) is 2.92. The molecule has 0 radical (unpaired) electrons. The maximum atomic E-state index is 13.5. The van der Waals surface area contributed by atoms with Crippen LogP contribution < -0.4 is 15.8 Å². The minimum absolute atomic E-state index is 0.287. The van der Waals surface area contributed by atoms with E-state index in [-0.39, 0.29) is 12.4 Å². The fraction of sp³-hybridized carbons (Fsp3) is 0.500. The predicted molar refractivity (Wildman–Crippen MR) is 69.6 cm³/mol. The summed E-state index contributed by atoms with van der Waals surface area (Å²) in [4.78, 5) is 11.5. The van der Waals surface area contributed by atoms with E-state index in [1.165, 1.54) is 12.1 Å². The lowest BCUT2D eigenvalue weighted by atomic mass is 9.73. The highest BCUT2D eigenvalue weighted by atomic mass is 19.1. The van der Waals surface area contributed by atoms with E-state index in [1.807, 2.05) is 0 Å². The summed E-state index contributed by atoms with van der Waals surface area (Å²) in [6.45, 7) is 0.835. The molecular weight excluding hydrogens is 263 g/mol. The zero-order chi connectivity index (χ0) is 14.3. The first-order valence-corrected chi connectivity index (χ1v) is 6.67. The lowest BCUT2D eigenvalue weighted by Gasteiger charge is -2.43. The molecule has 4 N–H and O–H groups in total. The Morgan fingerprint density at radius 2 is 2.30 bits per heavy atom. The molecule has 1 aliphatic carbocycles. The molecule has 0 saturated heterocycles. The molecule has 20 heavy (non-hydrogen) atoms. The van der Waals surface area contributed by atoms with Crippen molar-refractivity contribution in [3.05, 3.63) is 29.1 Å². The molecule has 1 aliphatic heterocycles. The third-order valence-corrected chi connectivity index (χ3v) is 4.08. The van der Waals surface area contributed by atoms with Crippen LogP contribution in [0.2, 0.25) is 0 Å². The Bertz CT molecular complexity index is 556. The monoisotopic (exact) mass is 280 g/mol. The minimum atomic E-state index is -0.892. The van der Waals surface area contributed by atoms with Crippen LogP contribution in [0.25, 0.3) is 0 Å². The second-order valence-corrected chi connectivity index (χ2v) is 5.51. The Labute approximate surface area is 115 Å². The van der Waals surface area contributed by atoms with Gasteiger partial charge in [0.25, 0.3) is 0 Å². The smallest absolute Gasteiger partial charge is 0.237 e. The summed E-state index contributed by atoms with van der Waals surface area (Å²) in [5.74, 6) is -0.108. The van der Waals surface area contributed by atoms with Gasteiger partial charge in [0.15, 0.2) is 0 Å². The average Bonchev–Trinajstić information content (AvgIpc) is 2.80. The zero-order valence-corrected chi connectivity index (χ0v) is 11.0. The van der Waals surface area contributed by atoms with Crippen molar-refractivity contribution in [3.63, 3.8) is 0 Å². The summed E-state index contributed by atoms with van der Waals surface area (Å²) in [6.07, 6.45) is 0.769. The number of rotatable bonds is 4. The molecule has 3 rings (SSSR count). The van der Waals surface area contributed by atoms with E-state index in [0.717, 1.165) is 5.56 Å². The SMILES string of the molecule is NC(=O)C1(NCc2cc(F)cc3c2OCC3)CC(O)C1. The van der Waals surface area contributed by atoms with E-state index in [2.05, 4.69) is 5.32 Å². The van der Waals surface area contributed by atoms with Crippen LogP contribution >= 0.6 is 0 Å². The van der Waals surface area contributed by atoms with Crippen molar-refractivity contribution in [2.75, 3.05) is 6.61 Å². The molecule has 1 saturated carbocycles. The number of halogens is 1. The number of aliphatic hydroxyl groups excluding tert-OH is 1. The zero-order valence-electron chi connectivity index (χ0n) is 11.0. The lowest BCUT2D eigenvalue weighted by molar-refractivity contribution is -0.133. The normalized spacial score (nSPS) is 27.6. The number of ether oxygens (including phenoxy) is 1. The maximum absolute atomic E-state index is 13.5. The summed E-state index contributed by atoms with van der Waals surface area (Å²) < 4.78 is 19.1. The molecule has 1 aromatic rings. The van der Waals surface area contributed by atoms with Gasteiger partial charge in [-0.05, 0) is 12.1 Å². The molecule has 0 aromatic heterocycles. The maximum Gasteiger partial charge on any atom is 0.237 e. The van der Waals surface area contributed by atoms with Gasteiger partial charge in [0.05, 0.1) is 12.7 Å². The topological polar surface area (TPSA) is 84.6 Å². The Kier molecular flexibility index (Phi) is 3.14. The average molecular weight is 280 g/mol. The van der Waals surface area contributed by atoms with Crippen LogP contribution in [-0.4, -0.2) is 29.3 Å². The molecule has 0 bridgehead atoms. The van der Waals surface area contributed by atoms with Crippen LogP contribution in [0.1, 0.15) is 24.0 Å². The van der Waals surface area contributed by atoms with Gasteiger partial charge in [-0.1, -0.05) is 0 Å². The highest BCUT2D eigenvalue weighted by Crippen LogP contribution is 2.35. The van der Waals surface area contributed by atoms with Crippen molar-refractivity contribution in [2.45, 2.75) is 37.5 Å². The molecule has 5 nitrogen and oxygen atoms in total. The Balaban J connectivity index is 1.77. The number of fused-ring (bicyclic) bond motifs is 1. The highest BCUT2D eigenvalue weighted by molar-refractivity contribution is 5.86. The van der Waals surface area contributed by atoms with Gasteiger partial charge in [-0.25, -0.2) is 4.39 Å². The first kappa shape index (κ1) is 13.3. The first-order chi connectivity index (χ1) is 9.50. The Morgan fingerprint density at radius 1 is 1.55 bits per heavy atom. The third-order valence-electron chi connectivity index (χ3n) is 4.08. The number of carbonyl (C=O) groups excluding carboxylic acids is 1. The predicted octanol–water partition coefficient (Wildman–Crippen LogP) is 0.229. The van der Waals surface area contributed by atoms with Crippen LogP contribution in [0.3, 0.4) is 0 Å². The number of hydrogen-bond acceptors (Lipinski definition) is 4. The second-order valence-electron chi connectivity index (χ2n) is 5.51. The van der Waals surface area contributed by atoms with Gasteiger partial charge in [0.2, 0.25) is 5.91 Å². The first-order valence-electron chi connectivity index (χ1n) is 6.67. The van der Waals surface area contributed by atoms with Gasteiger partial charge in [-0.2, -0.15) is 0 Å². The number of hydrogen-bond donors (Lipinski definition) is 3. The summed E-state index contributed by atoms with van der Waals surface area (Å²) in [5.41, 5.74) is 6.02. The molecule has 0 spiro atoms. The lowest BCUT2D eigenvalue weighted by Crippen LogP contribution is -2.64. The number of primary amides is 1. The molecule has 1 amide bonds. The van der Waals surface area contributed by atoms with Crippen LogP contribution in [0.5, 0.6) is 5.75 Å². The Morgan fingerprint density at radius 3 is 2.95 bits per heavy atom. The number of carbonyl (C=O) groups is 1. The van der Waals surface area contributed by atoms with Crippen molar-refractivity contribution < 1.29 is 19.0 Å². The van der Waals surface area contributed by atoms with E-state index in [4.69, 9.17) is 10.5 Å². The molecule has 2 aliphatic rings. The molecule has 0 unspecified atom stereocenters. The highest BCUT2D eigenvalue weighted by Gasteiger charge is 2.48. The molecule has 1 aromatic carbocycles. The van der Waals surface area contributed by atoms with E-state index < -0.39 is 17.6 Å². The fourth-order valence-corrected chi connectivity index (χ4v) is 2.92.